The number of nitrogens with zero attached hydrogens (tertiary/aromatic N) is 2. The first-order valence-corrected chi connectivity index (χ1v) is 7.14. The van der Waals surface area contributed by atoms with Gasteiger partial charge in [0.1, 0.15) is 17.5 Å². The molecule has 1 aliphatic heterocycles. The number of aromatic nitrogens is 2. The molecule has 2 heterocycles. The smallest absolute Gasteiger partial charge is 0.162 e. The maximum atomic E-state index is 10.9. The van der Waals surface area contributed by atoms with Crippen molar-refractivity contribution in [1.29, 1.82) is 0 Å². The topological polar surface area (TPSA) is 56.5 Å². The lowest BCUT2D eigenvalue weighted by Gasteiger charge is -2.21. The van der Waals surface area contributed by atoms with Gasteiger partial charge < -0.3 is 14.6 Å². The van der Waals surface area contributed by atoms with Crippen LogP contribution in [0.5, 0.6) is 11.5 Å². The number of para-hydroxylation sites is 1. The number of hydrogen-bond donors (Lipinski definition) is 1. The minimum atomic E-state index is -0.714. The van der Waals surface area contributed by atoms with Crippen molar-refractivity contribution in [2.24, 2.45) is 0 Å². The fourth-order valence-corrected chi connectivity index (χ4v) is 2.85. The number of benzene rings is 1. The van der Waals surface area contributed by atoms with Gasteiger partial charge in [-0.15, -0.1) is 0 Å². The first-order valence-electron chi connectivity index (χ1n) is 7.14. The first kappa shape index (κ1) is 13.9. The highest BCUT2D eigenvalue weighted by molar-refractivity contribution is 5.42. The lowest BCUT2D eigenvalue weighted by molar-refractivity contribution is 0.116. The second-order valence-corrected chi connectivity index (χ2v) is 5.54. The molecule has 112 valence electrons. The molecule has 2 atom stereocenters. The summed E-state index contributed by atoms with van der Waals surface area (Å²) in [6.07, 6.45) is 0.939. The molecule has 0 saturated carbocycles. The van der Waals surface area contributed by atoms with Gasteiger partial charge in [-0.1, -0.05) is 18.2 Å². The van der Waals surface area contributed by atoms with E-state index in [0.717, 1.165) is 11.3 Å². The van der Waals surface area contributed by atoms with Crippen LogP contribution in [0.25, 0.3) is 0 Å². The van der Waals surface area contributed by atoms with Crippen LogP contribution in [0.4, 0.5) is 0 Å². The van der Waals surface area contributed by atoms with E-state index >= 15 is 0 Å². The molecule has 5 nitrogen and oxygen atoms in total. The maximum absolute atomic E-state index is 10.9. The van der Waals surface area contributed by atoms with Gasteiger partial charge in [0.15, 0.2) is 5.75 Å². The molecule has 3 rings (SSSR count). The molecule has 21 heavy (non-hydrogen) atoms. The molecule has 0 aliphatic carbocycles. The Morgan fingerprint density at radius 1 is 1.38 bits per heavy atom. The second kappa shape index (κ2) is 5.41. The monoisotopic (exact) mass is 288 g/mol. The molecule has 2 unspecified atom stereocenters. The van der Waals surface area contributed by atoms with Gasteiger partial charge in [0.05, 0.1) is 25.8 Å². The normalized spacial score (nSPS) is 18.4. The zero-order chi connectivity index (χ0) is 15.0. The van der Waals surface area contributed by atoms with Crippen molar-refractivity contribution in [1.82, 2.24) is 9.78 Å². The van der Waals surface area contributed by atoms with E-state index < -0.39 is 6.10 Å². The number of hydrogen-bond acceptors (Lipinski definition) is 4. The van der Waals surface area contributed by atoms with Crippen LogP contribution in [0.15, 0.2) is 30.5 Å². The van der Waals surface area contributed by atoms with Gasteiger partial charge in [-0.25, -0.2) is 0 Å². The second-order valence-electron chi connectivity index (χ2n) is 5.54. The van der Waals surface area contributed by atoms with Crippen LogP contribution in [0, 0.1) is 0 Å². The van der Waals surface area contributed by atoms with Crippen molar-refractivity contribution in [2.75, 3.05) is 13.7 Å². The van der Waals surface area contributed by atoms with Crippen molar-refractivity contribution in [2.45, 2.75) is 31.9 Å². The van der Waals surface area contributed by atoms with E-state index in [-0.39, 0.29) is 12.0 Å². The predicted molar refractivity (Wildman–Crippen MR) is 78.8 cm³/mol. The standard InChI is InChI=1S/C16H20N2O3/c1-10(2)18-15(14(20-3)8-17-18)16(19)12-9-21-13-7-5-4-6-11(12)13/h4-8,10,12,16,19H,9H2,1-3H3. The molecule has 1 aromatic carbocycles. The minimum Gasteiger partial charge on any atom is -0.493 e. The van der Waals surface area contributed by atoms with E-state index in [4.69, 9.17) is 9.47 Å². The third-order valence-electron chi connectivity index (χ3n) is 3.91. The van der Waals surface area contributed by atoms with E-state index in [2.05, 4.69) is 5.10 Å². The van der Waals surface area contributed by atoms with E-state index in [0.29, 0.717) is 18.1 Å². The van der Waals surface area contributed by atoms with Crippen LogP contribution >= 0.6 is 0 Å². The molecule has 0 fully saturated rings. The molecule has 0 spiro atoms. The highest BCUT2D eigenvalue weighted by Crippen LogP contribution is 2.43. The molecular weight excluding hydrogens is 268 g/mol. The number of ether oxygens (including phenoxy) is 2. The number of fused-ring (bicyclic) bond motifs is 1. The molecule has 1 aromatic heterocycles. The number of aliphatic hydroxyl groups is 1. The summed E-state index contributed by atoms with van der Waals surface area (Å²) in [6.45, 7) is 4.52. The third kappa shape index (κ3) is 2.27. The van der Waals surface area contributed by atoms with Gasteiger partial charge >= 0.3 is 0 Å². The largest absolute Gasteiger partial charge is 0.493 e. The highest BCUT2D eigenvalue weighted by atomic mass is 16.5. The van der Waals surface area contributed by atoms with Crippen LogP contribution in [-0.4, -0.2) is 28.6 Å². The van der Waals surface area contributed by atoms with Crippen LogP contribution in [0.2, 0.25) is 0 Å². The zero-order valence-corrected chi connectivity index (χ0v) is 12.5. The van der Waals surface area contributed by atoms with Crippen molar-refractivity contribution in [3.63, 3.8) is 0 Å². The lowest BCUT2D eigenvalue weighted by Crippen LogP contribution is -2.18. The predicted octanol–water partition coefficient (Wildman–Crippen LogP) is 2.68. The van der Waals surface area contributed by atoms with Gasteiger partial charge in [-0.05, 0) is 19.9 Å². The third-order valence-corrected chi connectivity index (χ3v) is 3.91. The van der Waals surface area contributed by atoms with E-state index in [1.807, 2.05) is 42.8 Å². The highest BCUT2D eigenvalue weighted by Gasteiger charge is 2.35. The molecule has 2 aromatic rings. The molecule has 0 radical (unpaired) electrons. The lowest BCUT2D eigenvalue weighted by atomic mass is 9.93. The summed E-state index contributed by atoms with van der Waals surface area (Å²) >= 11 is 0. The van der Waals surface area contributed by atoms with E-state index in [1.54, 1.807) is 13.3 Å². The Kier molecular flexibility index (Phi) is 3.59. The molecule has 1 aliphatic rings. The first-order chi connectivity index (χ1) is 10.1. The quantitative estimate of drug-likeness (QED) is 0.939. The maximum Gasteiger partial charge on any atom is 0.162 e. The van der Waals surface area contributed by atoms with Gasteiger partial charge in [-0.2, -0.15) is 5.10 Å². The van der Waals surface area contributed by atoms with Crippen molar-refractivity contribution < 1.29 is 14.6 Å². The van der Waals surface area contributed by atoms with Crippen LogP contribution in [-0.2, 0) is 0 Å². The van der Waals surface area contributed by atoms with Crippen LogP contribution in [0.3, 0.4) is 0 Å². The van der Waals surface area contributed by atoms with Crippen molar-refractivity contribution in [3.05, 3.63) is 41.7 Å². The Balaban J connectivity index is 2.00. The summed E-state index contributed by atoms with van der Waals surface area (Å²) in [5.41, 5.74) is 1.74. The summed E-state index contributed by atoms with van der Waals surface area (Å²) in [5.74, 6) is 1.35. The van der Waals surface area contributed by atoms with Crippen LogP contribution < -0.4 is 9.47 Å². The Hall–Kier alpha value is -2.01. The summed E-state index contributed by atoms with van der Waals surface area (Å²) in [5, 5.41) is 15.2. The molecule has 0 amide bonds. The molecule has 0 saturated heterocycles. The Morgan fingerprint density at radius 3 is 2.86 bits per heavy atom. The number of methoxy groups -OCH3 is 1. The van der Waals surface area contributed by atoms with E-state index in [1.165, 1.54) is 0 Å². The minimum absolute atomic E-state index is 0.107. The molecule has 0 bridgehead atoms. The van der Waals surface area contributed by atoms with Crippen molar-refractivity contribution >= 4 is 0 Å². The van der Waals surface area contributed by atoms with Gasteiger partial charge in [0, 0.05) is 11.6 Å². The molecule has 5 heteroatoms. The SMILES string of the molecule is COc1cnn(C(C)C)c1C(O)C1COc2ccccc21. The number of rotatable bonds is 4. The molecular formula is C16H20N2O3. The summed E-state index contributed by atoms with van der Waals surface area (Å²) in [7, 11) is 1.59. The fourth-order valence-electron chi connectivity index (χ4n) is 2.85. The molecule has 1 N–H and O–H groups in total. The Labute approximate surface area is 124 Å². The van der Waals surface area contributed by atoms with Gasteiger partial charge in [-0.3, -0.25) is 4.68 Å². The zero-order valence-electron chi connectivity index (χ0n) is 12.5. The summed E-state index contributed by atoms with van der Waals surface area (Å²) < 4.78 is 12.8. The Morgan fingerprint density at radius 2 is 2.14 bits per heavy atom. The summed E-state index contributed by atoms with van der Waals surface area (Å²) in [6, 6.07) is 7.98. The number of aliphatic hydroxyl groups excluding tert-OH is 1. The van der Waals surface area contributed by atoms with Crippen LogP contribution in [0.1, 0.15) is 43.2 Å². The van der Waals surface area contributed by atoms with Gasteiger partial charge in [0.2, 0.25) is 0 Å². The van der Waals surface area contributed by atoms with E-state index in [9.17, 15) is 5.11 Å². The fraction of sp³-hybridized carbons (Fsp3) is 0.438. The Bertz CT molecular complexity index is 636. The van der Waals surface area contributed by atoms with Gasteiger partial charge in [0.25, 0.3) is 0 Å². The average molecular weight is 288 g/mol. The van der Waals surface area contributed by atoms with Crippen molar-refractivity contribution in [3.8, 4) is 11.5 Å². The average Bonchev–Trinajstić information content (AvgIpc) is 3.10. The summed E-state index contributed by atoms with van der Waals surface area (Å²) in [4.78, 5) is 0.